The molecule has 0 spiro atoms. The fourth-order valence-corrected chi connectivity index (χ4v) is 4.01. The van der Waals surface area contributed by atoms with Crippen LogP contribution in [-0.4, -0.2) is 42.4 Å². The van der Waals surface area contributed by atoms with Crippen molar-refractivity contribution in [3.63, 3.8) is 0 Å². The van der Waals surface area contributed by atoms with Gasteiger partial charge in [-0.15, -0.1) is 0 Å². The van der Waals surface area contributed by atoms with E-state index in [1.165, 1.54) is 16.8 Å². The fraction of sp³-hybridized carbons (Fsp3) is 0.579. The van der Waals surface area contributed by atoms with E-state index in [1.54, 1.807) is 4.90 Å². The van der Waals surface area contributed by atoms with E-state index >= 15 is 0 Å². The SMILES string of the molecule is Cc1cccc(N2CCC(C(=O)N3CCC[C@H]3C(N)=O)CC2)c1C. The molecule has 0 saturated carbocycles. The van der Waals surface area contributed by atoms with Crippen molar-refractivity contribution in [3.05, 3.63) is 29.3 Å². The number of likely N-dealkylation sites (tertiary alicyclic amines) is 1. The predicted octanol–water partition coefficient (Wildman–Crippen LogP) is 2.00. The smallest absolute Gasteiger partial charge is 0.240 e. The lowest BCUT2D eigenvalue weighted by Crippen LogP contribution is -2.48. The Balaban J connectivity index is 1.64. The molecular weight excluding hydrogens is 302 g/mol. The average Bonchev–Trinajstić information content (AvgIpc) is 3.07. The topological polar surface area (TPSA) is 66.6 Å². The number of primary amides is 1. The van der Waals surface area contributed by atoms with Crippen molar-refractivity contribution in [1.82, 2.24) is 4.90 Å². The molecule has 24 heavy (non-hydrogen) atoms. The molecule has 3 rings (SSSR count). The first-order valence-corrected chi connectivity index (χ1v) is 8.90. The van der Waals surface area contributed by atoms with E-state index in [0.29, 0.717) is 13.0 Å². The van der Waals surface area contributed by atoms with Crippen molar-refractivity contribution >= 4 is 17.5 Å². The van der Waals surface area contributed by atoms with E-state index in [0.717, 1.165) is 32.4 Å². The second-order valence-electron chi connectivity index (χ2n) is 7.07. The van der Waals surface area contributed by atoms with Crippen LogP contribution in [-0.2, 0) is 9.59 Å². The molecule has 1 atom stereocenters. The fourth-order valence-electron chi connectivity index (χ4n) is 4.01. The summed E-state index contributed by atoms with van der Waals surface area (Å²) in [6.45, 7) is 6.73. The van der Waals surface area contributed by atoms with Crippen molar-refractivity contribution in [2.45, 2.75) is 45.6 Å². The quantitative estimate of drug-likeness (QED) is 0.922. The Morgan fingerprint density at radius 1 is 1.08 bits per heavy atom. The minimum Gasteiger partial charge on any atom is -0.371 e. The summed E-state index contributed by atoms with van der Waals surface area (Å²) in [7, 11) is 0. The van der Waals surface area contributed by atoms with Gasteiger partial charge in [0.05, 0.1) is 0 Å². The van der Waals surface area contributed by atoms with Crippen LogP contribution in [0, 0.1) is 19.8 Å². The van der Waals surface area contributed by atoms with Gasteiger partial charge in [-0.2, -0.15) is 0 Å². The number of hydrogen-bond acceptors (Lipinski definition) is 3. The summed E-state index contributed by atoms with van der Waals surface area (Å²) in [5.74, 6) is -0.225. The van der Waals surface area contributed by atoms with Crippen molar-refractivity contribution in [2.24, 2.45) is 11.7 Å². The van der Waals surface area contributed by atoms with Gasteiger partial charge in [-0.05, 0) is 56.7 Å². The van der Waals surface area contributed by atoms with Crippen LogP contribution in [0.1, 0.15) is 36.8 Å². The number of aryl methyl sites for hydroxylation is 1. The second kappa shape index (κ2) is 6.83. The van der Waals surface area contributed by atoms with E-state index in [4.69, 9.17) is 5.73 Å². The third-order valence-electron chi connectivity index (χ3n) is 5.63. The summed E-state index contributed by atoms with van der Waals surface area (Å²) in [6.07, 6.45) is 3.27. The van der Waals surface area contributed by atoms with Crippen LogP contribution in [0.3, 0.4) is 0 Å². The first-order valence-electron chi connectivity index (χ1n) is 8.90. The predicted molar refractivity (Wildman–Crippen MR) is 94.8 cm³/mol. The first kappa shape index (κ1) is 16.8. The lowest BCUT2D eigenvalue weighted by atomic mass is 9.93. The normalized spacial score (nSPS) is 22.0. The van der Waals surface area contributed by atoms with E-state index < -0.39 is 6.04 Å². The lowest BCUT2D eigenvalue weighted by molar-refractivity contribution is -0.141. The maximum atomic E-state index is 12.8. The molecule has 2 fully saturated rings. The monoisotopic (exact) mass is 329 g/mol. The molecule has 2 heterocycles. The number of benzene rings is 1. The average molecular weight is 329 g/mol. The minimum absolute atomic E-state index is 0.0197. The summed E-state index contributed by atoms with van der Waals surface area (Å²) < 4.78 is 0. The molecule has 0 aromatic heterocycles. The molecule has 0 bridgehead atoms. The Hall–Kier alpha value is -2.04. The first-order chi connectivity index (χ1) is 11.5. The van der Waals surface area contributed by atoms with Gasteiger partial charge in [0, 0.05) is 31.2 Å². The second-order valence-corrected chi connectivity index (χ2v) is 7.07. The third-order valence-corrected chi connectivity index (χ3v) is 5.63. The van der Waals surface area contributed by atoms with E-state index in [9.17, 15) is 9.59 Å². The number of anilines is 1. The van der Waals surface area contributed by atoms with E-state index in [1.807, 2.05) is 0 Å². The van der Waals surface area contributed by atoms with Gasteiger partial charge < -0.3 is 15.5 Å². The Kier molecular flexibility index (Phi) is 4.78. The summed E-state index contributed by atoms with van der Waals surface area (Å²) >= 11 is 0. The van der Waals surface area contributed by atoms with Crippen LogP contribution in [0.25, 0.3) is 0 Å². The van der Waals surface area contributed by atoms with Crippen molar-refractivity contribution < 1.29 is 9.59 Å². The van der Waals surface area contributed by atoms with Crippen molar-refractivity contribution in [1.29, 1.82) is 0 Å². The number of piperidine rings is 1. The highest BCUT2D eigenvalue weighted by atomic mass is 16.2. The molecule has 0 radical (unpaired) electrons. The Labute approximate surface area is 143 Å². The molecule has 2 aliphatic rings. The lowest BCUT2D eigenvalue weighted by Gasteiger charge is -2.36. The van der Waals surface area contributed by atoms with Crippen LogP contribution in [0.2, 0.25) is 0 Å². The summed E-state index contributed by atoms with van der Waals surface area (Å²) in [6, 6.07) is 5.99. The number of carbonyl (C=O) groups excluding carboxylic acids is 2. The summed E-state index contributed by atoms with van der Waals surface area (Å²) in [4.78, 5) is 28.4. The highest BCUT2D eigenvalue weighted by Crippen LogP contribution is 2.30. The van der Waals surface area contributed by atoms with Gasteiger partial charge in [0.1, 0.15) is 6.04 Å². The van der Waals surface area contributed by atoms with Crippen molar-refractivity contribution in [2.75, 3.05) is 24.5 Å². The van der Waals surface area contributed by atoms with Gasteiger partial charge in [0.25, 0.3) is 0 Å². The van der Waals surface area contributed by atoms with Crippen LogP contribution in [0.5, 0.6) is 0 Å². The number of nitrogens with two attached hydrogens (primary N) is 1. The molecule has 5 heteroatoms. The number of nitrogens with zero attached hydrogens (tertiary/aromatic N) is 2. The molecule has 5 nitrogen and oxygen atoms in total. The molecule has 130 valence electrons. The maximum absolute atomic E-state index is 12.8. The van der Waals surface area contributed by atoms with Crippen LogP contribution in [0.15, 0.2) is 18.2 Å². The van der Waals surface area contributed by atoms with Gasteiger partial charge >= 0.3 is 0 Å². The summed E-state index contributed by atoms with van der Waals surface area (Å²) in [5.41, 5.74) is 9.33. The highest BCUT2D eigenvalue weighted by molar-refractivity contribution is 5.88. The number of carbonyl (C=O) groups is 2. The van der Waals surface area contributed by atoms with Gasteiger partial charge in [0.2, 0.25) is 11.8 Å². The Bertz CT molecular complexity index is 635. The number of hydrogen-bond donors (Lipinski definition) is 1. The van der Waals surface area contributed by atoms with Gasteiger partial charge in [-0.3, -0.25) is 9.59 Å². The minimum atomic E-state index is -0.394. The number of rotatable bonds is 3. The Morgan fingerprint density at radius 3 is 2.46 bits per heavy atom. The molecule has 2 saturated heterocycles. The zero-order valence-corrected chi connectivity index (χ0v) is 14.6. The Morgan fingerprint density at radius 2 is 1.79 bits per heavy atom. The highest BCUT2D eigenvalue weighted by Gasteiger charge is 2.37. The van der Waals surface area contributed by atoms with E-state index in [2.05, 4.69) is 36.9 Å². The third kappa shape index (κ3) is 3.12. The van der Waals surface area contributed by atoms with Gasteiger partial charge in [0.15, 0.2) is 0 Å². The summed E-state index contributed by atoms with van der Waals surface area (Å²) in [5, 5.41) is 0. The molecule has 2 N–H and O–H groups in total. The number of amides is 2. The zero-order valence-electron chi connectivity index (χ0n) is 14.6. The molecule has 1 aromatic carbocycles. The molecular formula is C19H27N3O2. The van der Waals surface area contributed by atoms with Crippen LogP contribution < -0.4 is 10.6 Å². The van der Waals surface area contributed by atoms with Gasteiger partial charge in [-0.1, -0.05) is 12.1 Å². The molecule has 0 aliphatic carbocycles. The molecule has 1 aromatic rings. The largest absolute Gasteiger partial charge is 0.371 e. The molecule has 2 amide bonds. The van der Waals surface area contributed by atoms with Crippen LogP contribution in [0.4, 0.5) is 5.69 Å². The maximum Gasteiger partial charge on any atom is 0.240 e. The molecule has 2 aliphatic heterocycles. The van der Waals surface area contributed by atoms with E-state index in [-0.39, 0.29) is 17.7 Å². The zero-order chi connectivity index (χ0) is 17.3. The van der Waals surface area contributed by atoms with Gasteiger partial charge in [-0.25, -0.2) is 0 Å². The van der Waals surface area contributed by atoms with Crippen LogP contribution >= 0.6 is 0 Å². The van der Waals surface area contributed by atoms with Crippen molar-refractivity contribution in [3.8, 4) is 0 Å². The molecule has 0 unspecified atom stereocenters. The standard InChI is InChI=1S/C19H27N3O2/c1-13-5-3-6-16(14(13)2)21-11-8-15(9-12-21)19(24)22-10-4-7-17(22)18(20)23/h3,5-6,15,17H,4,7-12H2,1-2H3,(H2,20,23)/t17-/m0/s1.